The number of amides is 2. The Labute approximate surface area is 171 Å². The van der Waals surface area contributed by atoms with E-state index in [0.29, 0.717) is 27.8 Å². The third-order valence-corrected chi connectivity index (χ3v) is 6.27. The van der Waals surface area contributed by atoms with Gasteiger partial charge in [-0.15, -0.1) is 11.3 Å². The van der Waals surface area contributed by atoms with Gasteiger partial charge in [-0.2, -0.15) is 0 Å². The normalized spacial score (nSPS) is 15.1. The van der Waals surface area contributed by atoms with Gasteiger partial charge in [-0.05, 0) is 49.6 Å². The molecule has 1 heterocycles. The van der Waals surface area contributed by atoms with Gasteiger partial charge in [0.1, 0.15) is 0 Å². The van der Waals surface area contributed by atoms with Gasteiger partial charge in [-0.25, -0.2) is 4.98 Å². The number of hydrogen-bond donors (Lipinski definition) is 2. The molecule has 142 valence electrons. The molecule has 2 aromatic carbocycles. The summed E-state index contributed by atoms with van der Waals surface area (Å²) in [6.45, 7) is 1.87. The van der Waals surface area contributed by atoms with Crippen molar-refractivity contribution >= 4 is 45.6 Å². The lowest BCUT2D eigenvalue weighted by Gasteiger charge is -2.13. The molecule has 1 aliphatic carbocycles. The summed E-state index contributed by atoms with van der Waals surface area (Å²) in [5.41, 5.74) is 2.87. The molecule has 4 rings (SSSR count). The summed E-state index contributed by atoms with van der Waals surface area (Å²) in [6, 6.07) is 14.4. The van der Waals surface area contributed by atoms with Crippen LogP contribution in [0.2, 0.25) is 5.02 Å². The molecule has 2 amide bonds. The second-order valence-electron chi connectivity index (χ2n) is 6.64. The van der Waals surface area contributed by atoms with E-state index in [1.807, 2.05) is 37.3 Å². The number of hydrogen-bond acceptors (Lipinski definition) is 4. The molecular formula is C21H18ClN3O2S. The molecule has 2 N–H and O–H groups in total. The number of benzene rings is 2. The summed E-state index contributed by atoms with van der Waals surface area (Å²) in [5, 5.41) is 6.94. The fourth-order valence-electron chi connectivity index (χ4n) is 3.26. The Balaban J connectivity index is 1.49. The van der Waals surface area contributed by atoms with Crippen LogP contribution in [-0.2, 0) is 11.2 Å². The van der Waals surface area contributed by atoms with E-state index in [2.05, 4.69) is 15.6 Å². The Hall–Kier alpha value is -2.70. The van der Waals surface area contributed by atoms with E-state index < -0.39 is 0 Å². The first kappa shape index (κ1) is 18.7. The van der Waals surface area contributed by atoms with E-state index >= 15 is 0 Å². The van der Waals surface area contributed by atoms with Crippen LogP contribution in [0.25, 0.3) is 0 Å². The number of thiazole rings is 1. The minimum Gasteiger partial charge on any atom is -0.325 e. The van der Waals surface area contributed by atoms with E-state index in [1.165, 1.54) is 11.3 Å². The van der Waals surface area contributed by atoms with Gasteiger partial charge >= 0.3 is 0 Å². The summed E-state index contributed by atoms with van der Waals surface area (Å²) >= 11 is 7.57. The van der Waals surface area contributed by atoms with Crippen LogP contribution in [0, 0.1) is 6.92 Å². The minimum atomic E-state index is -0.327. The Bertz CT molecular complexity index is 1050. The van der Waals surface area contributed by atoms with E-state index in [0.717, 1.165) is 22.6 Å². The second kappa shape index (κ2) is 7.73. The van der Waals surface area contributed by atoms with Crippen LogP contribution in [-0.4, -0.2) is 16.8 Å². The predicted octanol–water partition coefficient (Wildman–Crippen LogP) is 5.03. The molecule has 0 radical (unpaired) electrons. The van der Waals surface area contributed by atoms with Crippen molar-refractivity contribution in [1.29, 1.82) is 0 Å². The summed E-state index contributed by atoms with van der Waals surface area (Å²) < 4.78 is 0. The number of nitrogens with one attached hydrogen (secondary N) is 2. The number of fused-ring (bicyclic) bond motifs is 1. The number of aryl methyl sites for hydroxylation is 1. The highest BCUT2D eigenvalue weighted by Gasteiger charge is 2.33. The molecule has 1 unspecified atom stereocenters. The Morgan fingerprint density at radius 2 is 1.89 bits per heavy atom. The van der Waals surface area contributed by atoms with Gasteiger partial charge in [0.25, 0.3) is 5.91 Å². The van der Waals surface area contributed by atoms with Gasteiger partial charge in [0.2, 0.25) is 5.91 Å². The van der Waals surface area contributed by atoms with Crippen LogP contribution >= 0.6 is 22.9 Å². The highest BCUT2D eigenvalue weighted by Crippen LogP contribution is 2.39. The van der Waals surface area contributed by atoms with Crippen molar-refractivity contribution in [3.8, 4) is 0 Å². The number of halogens is 1. The zero-order valence-corrected chi connectivity index (χ0v) is 16.7. The molecular weight excluding hydrogens is 394 g/mol. The van der Waals surface area contributed by atoms with Crippen molar-refractivity contribution in [1.82, 2.24) is 4.98 Å². The van der Waals surface area contributed by atoms with Crippen LogP contribution in [0.1, 0.15) is 38.8 Å². The standard InChI is InChI=1S/C21H18ClN3O2S/c1-12-15(22)8-5-9-16(12)23-20(27)14-10-11-17-18(14)24-21(28-17)25-19(26)13-6-3-2-4-7-13/h2-9,14H,10-11H2,1H3,(H,23,27)(H,24,25,26). The van der Waals surface area contributed by atoms with Crippen LogP contribution in [0.3, 0.4) is 0 Å². The van der Waals surface area contributed by atoms with Gasteiger partial charge in [0.15, 0.2) is 5.13 Å². The number of aromatic nitrogens is 1. The molecule has 3 aromatic rings. The number of rotatable bonds is 4. The zero-order chi connectivity index (χ0) is 19.7. The van der Waals surface area contributed by atoms with Gasteiger partial charge in [-0.3, -0.25) is 14.9 Å². The van der Waals surface area contributed by atoms with Crippen molar-refractivity contribution in [3.63, 3.8) is 0 Å². The first-order chi connectivity index (χ1) is 13.5. The van der Waals surface area contributed by atoms with Gasteiger partial charge in [-0.1, -0.05) is 35.9 Å². The lowest BCUT2D eigenvalue weighted by Crippen LogP contribution is -2.20. The average molecular weight is 412 g/mol. The van der Waals surface area contributed by atoms with E-state index in [4.69, 9.17) is 11.6 Å². The maximum Gasteiger partial charge on any atom is 0.257 e. The third-order valence-electron chi connectivity index (χ3n) is 4.82. The Morgan fingerprint density at radius 1 is 1.11 bits per heavy atom. The fourth-order valence-corrected chi connectivity index (χ4v) is 4.47. The topological polar surface area (TPSA) is 71.1 Å². The monoisotopic (exact) mass is 411 g/mol. The average Bonchev–Trinajstić information content (AvgIpc) is 3.26. The SMILES string of the molecule is Cc1c(Cl)cccc1NC(=O)C1CCc2sc(NC(=O)c3ccccc3)nc21. The summed E-state index contributed by atoms with van der Waals surface area (Å²) in [6.07, 6.45) is 1.49. The molecule has 0 saturated heterocycles. The molecule has 1 aliphatic rings. The summed E-state index contributed by atoms with van der Waals surface area (Å²) in [4.78, 5) is 30.7. The van der Waals surface area contributed by atoms with Crippen molar-refractivity contribution in [2.45, 2.75) is 25.7 Å². The molecule has 0 fully saturated rings. The fraction of sp³-hybridized carbons (Fsp3) is 0.190. The summed E-state index contributed by atoms with van der Waals surface area (Å²) in [5.74, 6) is -0.633. The lowest BCUT2D eigenvalue weighted by molar-refractivity contribution is -0.117. The van der Waals surface area contributed by atoms with Gasteiger partial charge in [0, 0.05) is 21.2 Å². The van der Waals surface area contributed by atoms with Crippen molar-refractivity contribution in [2.75, 3.05) is 10.6 Å². The highest BCUT2D eigenvalue weighted by atomic mass is 35.5. The van der Waals surface area contributed by atoms with Crippen molar-refractivity contribution < 1.29 is 9.59 Å². The van der Waals surface area contributed by atoms with Crippen LogP contribution in [0.5, 0.6) is 0 Å². The van der Waals surface area contributed by atoms with Gasteiger partial charge in [0.05, 0.1) is 11.6 Å². The smallest absolute Gasteiger partial charge is 0.257 e. The quantitative estimate of drug-likeness (QED) is 0.632. The van der Waals surface area contributed by atoms with Crippen molar-refractivity contribution in [2.24, 2.45) is 0 Å². The number of anilines is 2. The molecule has 28 heavy (non-hydrogen) atoms. The molecule has 0 bridgehead atoms. The molecule has 1 atom stereocenters. The lowest BCUT2D eigenvalue weighted by atomic mass is 10.1. The summed E-state index contributed by atoms with van der Waals surface area (Å²) in [7, 11) is 0. The molecule has 7 heteroatoms. The molecule has 5 nitrogen and oxygen atoms in total. The molecule has 0 saturated carbocycles. The number of carbonyl (C=O) groups is 2. The largest absolute Gasteiger partial charge is 0.325 e. The first-order valence-corrected chi connectivity index (χ1v) is 10.1. The maximum absolute atomic E-state index is 12.8. The van der Waals surface area contributed by atoms with Crippen LogP contribution in [0.4, 0.5) is 10.8 Å². The van der Waals surface area contributed by atoms with Crippen LogP contribution < -0.4 is 10.6 Å². The van der Waals surface area contributed by atoms with Crippen LogP contribution in [0.15, 0.2) is 48.5 Å². The Kier molecular flexibility index (Phi) is 5.15. The zero-order valence-electron chi connectivity index (χ0n) is 15.2. The molecule has 0 aliphatic heterocycles. The van der Waals surface area contributed by atoms with E-state index in [1.54, 1.807) is 18.2 Å². The number of carbonyl (C=O) groups excluding carboxylic acids is 2. The molecule has 1 aromatic heterocycles. The van der Waals surface area contributed by atoms with E-state index in [9.17, 15) is 9.59 Å². The predicted molar refractivity (Wildman–Crippen MR) is 112 cm³/mol. The first-order valence-electron chi connectivity index (χ1n) is 8.95. The highest BCUT2D eigenvalue weighted by molar-refractivity contribution is 7.16. The second-order valence-corrected chi connectivity index (χ2v) is 8.13. The maximum atomic E-state index is 12.8. The van der Waals surface area contributed by atoms with Crippen molar-refractivity contribution in [3.05, 3.63) is 75.3 Å². The van der Waals surface area contributed by atoms with E-state index in [-0.39, 0.29) is 17.7 Å². The third kappa shape index (κ3) is 3.66. The number of nitrogens with zero attached hydrogens (tertiary/aromatic N) is 1. The molecule has 0 spiro atoms. The Morgan fingerprint density at radius 3 is 2.68 bits per heavy atom. The van der Waals surface area contributed by atoms with Gasteiger partial charge < -0.3 is 5.32 Å². The minimum absolute atomic E-state index is 0.102.